The maximum Gasteiger partial charge on any atom is 0.320 e. The van der Waals surface area contributed by atoms with Crippen LogP contribution < -0.4 is 15.4 Å². The fourth-order valence-electron chi connectivity index (χ4n) is 3.32. The summed E-state index contributed by atoms with van der Waals surface area (Å²) in [4.78, 5) is 16.8. The highest BCUT2D eigenvalue weighted by Crippen LogP contribution is 2.27. The van der Waals surface area contributed by atoms with Crippen LogP contribution in [-0.4, -0.2) is 41.0 Å². The lowest BCUT2D eigenvalue weighted by Gasteiger charge is -2.24. The van der Waals surface area contributed by atoms with E-state index in [0.717, 1.165) is 35.9 Å². The van der Waals surface area contributed by atoms with Gasteiger partial charge in [-0.3, -0.25) is 10.4 Å². The molecule has 1 saturated heterocycles. The van der Waals surface area contributed by atoms with Gasteiger partial charge in [0, 0.05) is 18.9 Å². The van der Waals surface area contributed by atoms with Crippen molar-refractivity contribution in [2.75, 3.05) is 19.0 Å². The molecule has 0 spiro atoms. The molecule has 0 saturated carbocycles. The molecule has 2 aromatic heterocycles. The van der Waals surface area contributed by atoms with E-state index in [1.807, 2.05) is 30.3 Å². The summed E-state index contributed by atoms with van der Waals surface area (Å²) in [5, 5.41) is 13.5. The Bertz CT molecular complexity index is 921. The number of hydrogen-bond acceptors (Lipinski definition) is 5. The van der Waals surface area contributed by atoms with Crippen LogP contribution in [-0.2, 0) is 4.74 Å². The normalized spacial score (nSPS) is 17.6. The number of benzene rings is 1. The molecule has 3 N–H and O–H groups in total. The molecule has 8 heteroatoms. The number of fused-ring (bicyclic) bond motifs is 1. The predicted octanol–water partition coefficient (Wildman–Crippen LogP) is 3.01. The minimum absolute atomic E-state index is 0.0366. The highest BCUT2D eigenvalue weighted by Gasteiger charge is 2.28. The third-order valence-electron chi connectivity index (χ3n) is 4.63. The zero-order valence-corrected chi connectivity index (χ0v) is 14.9. The maximum absolute atomic E-state index is 12.6. The molecule has 0 radical (unpaired) electrons. The van der Waals surface area contributed by atoms with Crippen LogP contribution in [0.5, 0.6) is 5.88 Å². The zero-order chi connectivity index (χ0) is 18.6. The third kappa shape index (κ3) is 3.70. The number of carbonyl (C=O) groups is 1. The summed E-state index contributed by atoms with van der Waals surface area (Å²) in [7, 11) is 1.55. The average molecular weight is 367 g/mol. The van der Waals surface area contributed by atoms with Crippen molar-refractivity contribution in [2.24, 2.45) is 0 Å². The minimum Gasteiger partial charge on any atom is -0.479 e. The first-order valence-electron chi connectivity index (χ1n) is 8.87. The Morgan fingerprint density at radius 2 is 2.22 bits per heavy atom. The molecule has 1 aliphatic heterocycles. The molecule has 2 amide bonds. The van der Waals surface area contributed by atoms with Gasteiger partial charge in [-0.2, -0.15) is 0 Å². The number of pyridine rings is 1. The van der Waals surface area contributed by atoms with Gasteiger partial charge in [-0.15, -0.1) is 5.10 Å². The first-order chi connectivity index (χ1) is 13.2. The Hall–Kier alpha value is -3.13. The number of H-pyrrole nitrogens is 1. The van der Waals surface area contributed by atoms with E-state index in [0.29, 0.717) is 11.7 Å². The van der Waals surface area contributed by atoms with E-state index in [9.17, 15) is 4.79 Å². The van der Waals surface area contributed by atoms with Gasteiger partial charge in [0.15, 0.2) is 0 Å². The Morgan fingerprint density at radius 3 is 2.96 bits per heavy atom. The Morgan fingerprint density at radius 1 is 1.37 bits per heavy atom. The number of aromatic amines is 1. The monoisotopic (exact) mass is 367 g/mol. The van der Waals surface area contributed by atoms with Crippen LogP contribution in [0.4, 0.5) is 10.6 Å². The Kier molecular flexibility index (Phi) is 4.88. The number of rotatable bonds is 5. The van der Waals surface area contributed by atoms with Crippen LogP contribution in [0.15, 0.2) is 42.6 Å². The lowest BCUT2D eigenvalue weighted by atomic mass is 9.99. The van der Waals surface area contributed by atoms with Crippen molar-refractivity contribution in [3.05, 3.63) is 48.2 Å². The number of urea groups is 1. The second-order valence-electron chi connectivity index (χ2n) is 6.39. The number of carbonyl (C=O) groups excluding carboxylic acids is 1. The lowest BCUT2D eigenvalue weighted by Crippen LogP contribution is -2.38. The van der Waals surface area contributed by atoms with Gasteiger partial charge >= 0.3 is 6.03 Å². The maximum atomic E-state index is 12.6. The highest BCUT2D eigenvalue weighted by atomic mass is 16.5. The van der Waals surface area contributed by atoms with Gasteiger partial charge in [0.2, 0.25) is 5.88 Å². The number of methoxy groups -OCH3 is 1. The molecule has 2 atom stereocenters. The second-order valence-corrected chi connectivity index (χ2v) is 6.39. The smallest absolute Gasteiger partial charge is 0.320 e. The van der Waals surface area contributed by atoms with Gasteiger partial charge < -0.3 is 14.8 Å². The highest BCUT2D eigenvalue weighted by molar-refractivity contribution is 5.92. The van der Waals surface area contributed by atoms with E-state index in [1.54, 1.807) is 19.4 Å². The largest absolute Gasteiger partial charge is 0.479 e. The fourth-order valence-corrected chi connectivity index (χ4v) is 3.32. The molecule has 1 aliphatic rings. The first-order valence-corrected chi connectivity index (χ1v) is 8.87. The quantitative estimate of drug-likeness (QED) is 0.643. The van der Waals surface area contributed by atoms with Crippen LogP contribution in [0.3, 0.4) is 0 Å². The van der Waals surface area contributed by atoms with E-state index in [-0.39, 0.29) is 18.2 Å². The molecular weight excluding hydrogens is 346 g/mol. The van der Waals surface area contributed by atoms with E-state index < -0.39 is 0 Å². The van der Waals surface area contributed by atoms with Gasteiger partial charge in [-0.1, -0.05) is 30.3 Å². The van der Waals surface area contributed by atoms with Crippen LogP contribution in [0.1, 0.15) is 24.4 Å². The average Bonchev–Trinajstić information content (AvgIpc) is 3.36. The van der Waals surface area contributed by atoms with Crippen molar-refractivity contribution in [3.63, 3.8) is 0 Å². The van der Waals surface area contributed by atoms with E-state index in [4.69, 9.17) is 9.47 Å². The lowest BCUT2D eigenvalue weighted by molar-refractivity contribution is 0.0815. The van der Waals surface area contributed by atoms with Gasteiger partial charge in [0.05, 0.1) is 30.2 Å². The van der Waals surface area contributed by atoms with E-state index >= 15 is 0 Å². The Balaban J connectivity index is 1.49. The fraction of sp³-hybridized carbons (Fsp3) is 0.316. The SMILES string of the molecule is COc1n[nH]c2cc(NC(=O)NC(c3ccccc3)[C@@H]3CCCO3)ncc12. The summed E-state index contributed by atoms with van der Waals surface area (Å²) in [6.07, 6.45) is 3.49. The predicted molar refractivity (Wildman–Crippen MR) is 101 cm³/mol. The molecule has 8 nitrogen and oxygen atoms in total. The van der Waals surface area contributed by atoms with Gasteiger partial charge in [-0.25, -0.2) is 9.78 Å². The van der Waals surface area contributed by atoms with E-state index in [2.05, 4.69) is 25.8 Å². The number of nitrogens with zero attached hydrogens (tertiary/aromatic N) is 2. The number of anilines is 1. The van der Waals surface area contributed by atoms with Crippen molar-refractivity contribution in [2.45, 2.75) is 25.0 Å². The third-order valence-corrected chi connectivity index (χ3v) is 4.63. The van der Waals surface area contributed by atoms with Crippen LogP contribution >= 0.6 is 0 Å². The first kappa shape index (κ1) is 17.3. The molecule has 1 fully saturated rings. The van der Waals surface area contributed by atoms with Crippen LogP contribution in [0, 0.1) is 0 Å². The number of hydrogen-bond donors (Lipinski definition) is 3. The van der Waals surface area contributed by atoms with Gasteiger partial charge in [-0.05, 0) is 18.4 Å². The van der Waals surface area contributed by atoms with Crippen molar-refractivity contribution in [1.82, 2.24) is 20.5 Å². The summed E-state index contributed by atoms with van der Waals surface area (Å²) in [6.45, 7) is 0.719. The summed E-state index contributed by atoms with van der Waals surface area (Å²) in [5.41, 5.74) is 1.75. The molecular formula is C19H21N5O3. The molecule has 27 heavy (non-hydrogen) atoms. The summed E-state index contributed by atoms with van der Waals surface area (Å²) >= 11 is 0. The minimum atomic E-state index is -0.335. The van der Waals surface area contributed by atoms with Crippen LogP contribution in [0.25, 0.3) is 10.9 Å². The summed E-state index contributed by atoms with van der Waals surface area (Å²) in [6, 6.07) is 11.0. The summed E-state index contributed by atoms with van der Waals surface area (Å²) < 4.78 is 11.0. The van der Waals surface area contributed by atoms with Crippen molar-refractivity contribution in [1.29, 1.82) is 0 Å². The zero-order valence-electron chi connectivity index (χ0n) is 14.9. The standard InChI is InChI=1S/C19H21N5O3/c1-26-18-13-11-20-16(10-14(13)23-24-18)21-19(25)22-17(15-8-5-9-27-15)12-6-3-2-4-7-12/h2-4,6-7,10-11,15,17H,5,8-9H2,1H3,(H,23,24)(H2,20,21,22,25)/t15-,17?/m0/s1. The molecule has 3 aromatic rings. The number of nitrogens with one attached hydrogen (secondary N) is 3. The van der Waals surface area contributed by atoms with Crippen LogP contribution in [0.2, 0.25) is 0 Å². The molecule has 1 aromatic carbocycles. The molecule has 1 unspecified atom stereocenters. The summed E-state index contributed by atoms with van der Waals surface area (Å²) in [5.74, 6) is 0.890. The van der Waals surface area contributed by atoms with Crippen molar-refractivity contribution in [3.8, 4) is 5.88 Å². The molecule has 0 bridgehead atoms. The number of amides is 2. The topological polar surface area (TPSA) is 101 Å². The molecule has 4 rings (SSSR count). The van der Waals surface area contributed by atoms with Gasteiger partial charge in [0.1, 0.15) is 5.82 Å². The van der Waals surface area contributed by atoms with Crippen molar-refractivity contribution >= 4 is 22.8 Å². The number of ether oxygens (including phenoxy) is 2. The molecule has 0 aliphatic carbocycles. The second kappa shape index (κ2) is 7.63. The van der Waals surface area contributed by atoms with E-state index in [1.165, 1.54) is 0 Å². The van der Waals surface area contributed by atoms with Gasteiger partial charge in [0.25, 0.3) is 0 Å². The number of aromatic nitrogens is 3. The molecule has 3 heterocycles. The van der Waals surface area contributed by atoms with Crippen molar-refractivity contribution < 1.29 is 14.3 Å². The molecule has 140 valence electrons. The Labute approximate surface area is 156 Å².